The van der Waals surface area contributed by atoms with Gasteiger partial charge in [-0.05, 0) is 18.2 Å². The van der Waals surface area contributed by atoms with Crippen molar-refractivity contribution in [3.05, 3.63) is 28.7 Å². The molecule has 0 saturated carbocycles. The van der Waals surface area contributed by atoms with Gasteiger partial charge in [0.1, 0.15) is 5.75 Å². The highest BCUT2D eigenvalue weighted by Crippen LogP contribution is 2.16. The van der Waals surface area contributed by atoms with Crippen molar-refractivity contribution in [1.29, 1.82) is 0 Å². The molecule has 0 fully saturated rings. The summed E-state index contributed by atoms with van der Waals surface area (Å²) >= 11 is 3.31. The maximum absolute atomic E-state index is 5.13. The molecule has 1 rings (SSSR count). The fourth-order valence-corrected chi connectivity index (χ4v) is 0.964. The lowest BCUT2D eigenvalue weighted by Crippen LogP contribution is -1.98. The summed E-state index contributed by atoms with van der Waals surface area (Å²) in [7, 11) is 1.58. The molecule has 0 amide bonds. The van der Waals surface area contributed by atoms with Crippen LogP contribution in [0.25, 0.3) is 0 Å². The molecular formula is C8H8BrO2. The second-order valence-electron chi connectivity index (χ2n) is 1.92. The zero-order chi connectivity index (χ0) is 8.10. The van der Waals surface area contributed by atoms with Gasteiger partial charge in [-0.3, -0.25) is 0 Å². The minimum absolute atomic E-state index is 0.257. The average molecular weight is 216 g/mol. The van der Waals surface area contributed by atoms with E-state index in [1.54, 1.807) is 13.2 Å². The Balaban J connectivity index is 2.56. The standard InChI is InChI=1S/C8H8BrO2/c1-10-6-11-8-4-2-3-7(9)5-8/h2-3,5H,6H2,1H3. The van der Waals surface area contributed by atoms with Gasteiger partial charge in [0.05, 0.1) is 0 Å². The van der Waals surface area contributed by atoms with Crippen LogP contribution in [0.5, 0.6) is 5.75 Å². The van der Waals surface area contributed by atoms with E-state index in [2.05, 4.69) is 22.0 Å². The Morgan fingerprint density at radius 2 is 2.45 bits per heavy atom. The van der Waals surface area contributed by atoms with Crippen LogP contribution in [0.15, 0.2) is 22.7 Å². The van der Waals surface area contributed by atoms with E-state index in [4.69, 9.17) is 9.47 Å². The van der Waals surface area contributed by atoms with E-state index in [1.807, 2.05) is 12.1 Å². The van der Waals surface area contributed by atoms with Crippen LogP contribution in [-0.4, -0.2) is 13.9 Å². The molecule has 0 saturated heterocycles. The summed E-state index contributed by atoms with van der Waals surface area (Å²) in [5.41, 5.74) is 0. The Kier molecular flexibility index (Phi) is 3.39. The molecule has 59 valence electrons. The van der Waals surface area contributed by atoms with Crippen molar-refractivity contribution in [2.24, 2.45) is 0 Å². The van der Waals surface area contributed by atoms with Gasteiger partial charge in [0, 0.05) is 17.6 Å². The van der Waals surface area contributed by atoms with Crippen LogP contribution in [-0.2, 0) is 4.74 Å². The third-order valence-corrected chi connectivity index (χ3v) is 1.56. The average Bonchev–Trinajstić information content (AvgIpc) is 2.01. The van der Waals surface area contributed by atoms with Crippen LogP contribution in [0.3, 0.4) is 0 Å². The van der Waals surface area contributed by atoms with Gasteiger partial charge in [0.2, 0.25) is 0 Å². The molecule has 0 aromatic heterocycles. The molecule has 0 aliphatic rings. The van der Waals surface area contributed by atoms with E-state index in [0.29, 0.717) is 5.75 Å². The normalized spacial score (nSPS) is 9.64. The minimum Gasteiger partial charge on any atom is -0.467 e. The van der Waals surface area contributed by atoms with Crippen LogP contribution in [0.1, 0.15) is 0 Å². The summed E-state index contributed by atoms with van der Waals surface area (Å²) in [6.45, 7) is 0.257. The first-order chi connectivity index (χ1) is 5.33. The third-order valence-electron chi connectivity index (χ3n) is 1.07. The van der Waals surface area contributed by atoms with Crippen LogP contribution in [0.2, 0.25) is 0 Å². The molecule has 0 atom stereocenters. The summed E-state index contributed by atoms with van der Waals surface area (Å²) in [5.74, 6) is 0.682. The lowest BCUT2D eigenvalue weighted by Gasteiger charge is -2.02. The van der Waals surface area contributed by atoms with E-state index >= 15 is 0 Å². The topological polar surface area (TPSA) is 18.5 Å². The number of halogens is 1. The fourth-order valence-electron chi connectivity index (χ4n) is 0.624. The van der Waals surface area contributed by atoms with Gasteiger partial charge in [-0.15, -0.1) is 0 Å². The monoisotopic (exact) mass is 215 g/mol. The number of methoxy groups -OCH3 is 1. The molecule has 1 aromatic carbocycles. The second-order valence-corrected chi connectivity index (χ2v) is 2.84. The van der Waals surface area contributed by atoms with Gasteiger partial charge in [0.15, 0.2) is 6.79 Å². The molecule has 3 heteroatoms. The second kappa shape index (κ2) is 4.36. The van der Waals surface area contributed by atoms with Crippen LogP contribution < -0.4 is 4.74 Å². The molecule has 0 heterocycles. The molecule has 0 aliphatic carbocycles. The van der Waals surface area contributed by atoms with Crippen molar-refractivity contribution in [3.63, 3.8) is 0 Å². The molecule has 0 spiro atoms. The summed E-state index contributed by atoms with van der Waals surface area (Å²) < 4.78 is 10.8. The first-order valence-electron chi connectivity index (χ1n) is 3.12. The van der Waals surface area contributed by atoms with Gasteiger partial charge < -0.3 is 9.47 Å². The predicted molar refractivity (Wildman–Crippen MR) is 45.5 cm³/mol. The Morgan fingerprint density at radius 1 is 1.64 bits per heavy atom. The first-order valence-corrected chi connectivity index (χ1v) is 3.91. The quantitative estimate of drug-likeness (QED) is 0.721. The number of benzene rings is 1. The van der Waals surface area contributed by atoms with E-state index < -0.39 is 0 Å². The number of hydrogen-bond acceptors (Lipinski definition) is 2. The van der Waals surface area contributed by atoms with Gasteiger partial charge in [-0.2, -0.15) is 0 Å². The molecule has 0 unspecified atom stereocenters. The summed E-state index contributed by atoms with van der Waals surface area (Å²) in [6, 6.07) is 8.42. The maximum Gasteiger partial charge on any atom is 0.188 e. The van der Waals surface area contributed by atoms with Gasteiger partial charge in [-0.25, -0.2) is 0 Å². The fraction of sp³-hybridized carbons (Fsp3) is 0.250. The SMILES string of the molecule is COCOc1[c]ccc(Br)c1. The third kappa shape index (κ3) is 2.91. The highest BCUT2D eigenvalue weighted by molar-refractivity contribution is 9.10. The van der Waals surface area contributed by atoms with E-state index in [9.17, 15) is 0 Å². The molecule has 0 bridgehead atoms. The van der Waals surface area contributed by atoms with Crippen molar-refractivity contribution < 1.29 is 9.47 Å². The van der Waals surface area contributed by atoms with Crippen LogP contribution in [0, 0.1) is 6.07 Å². The Morgan fingerprint density at radius 3 is 3.09 bits per heavy atom. The first kappa shape index (κ1) is 8.56. The van der Waals surface area contributed by atoms with Crippen LogP contribution >= 0.6 is 15.9 Å². The zero-order valence-electron chi connectivity index (χ0n) is 6.13. The van der Waals surface area contributed by atoms with E-state index in [-0.39, 0.29) is 6.79 Å². The van der Waals surface area contributed by atoms with E-state index in [0.717, 1.165) is 4.47 Å². The highest BCUT2D eigenvalue weighted by atomic mass is 79.9. The van der Waals surface area contributed by atoms with Gasteiger partial charge in [0.25, 0.3) is 0 Å². The lowest BCUT2D eigenvalue weighted by atomic mass is 10.3. The van der Waals surface area contributed by atoms with Gasteiger partial charge in [-0.1, -0.05) is 15.9 Å². The molecule has 0 N–H and O–H groups in total. The molecule has 2 nitrogen and oxygen atoms in total. The van der Waals surface area contributed by atoms with Crippen molar-refractivity contribution in [2.75, 3.05) is 13.9 Å². The molecule has 11 heavy (non-hydrogen) atoms. The van der Waals surface area contributed by atoms with Crippen molar-refractivity contribution in [3.8, 4) is 5.75 Å². The summed E-state index contributed by atoms with van der Waals surface area (Å²) in [5, 5.41) is 0. The molecule has 1 radical (unpaired) electrons. The van der Waals surface area contributed by atoms with Crippen molar-refractivity contribution in [1.82, 2.24) is 0 Å². The zero-order valence-corrected chi connectivity index (χ0v) is 7.72. The smallest absolute Gasteiger partial charge is 0.188 e. The highest BCUT2D eigenvalue weighted by Gasteiger charge is 1.92. The lowest BCUT2D eigenvalue weighted by molar-refractivity contribution is 0.0509. The predicted octanol–water partition coefficient (Wildman–Crippen LogP) is 2.23. The Hall–Kier alpha value is -0.540. The Bertz CT molecular complexity index is 225. The largest absolute Gasteiger partial charge is 0.467 e. The number of hydrogen-bond donors (Lipinski definition) is 0. The van der Waals surface area contributed by atoms with Crippen molar-refractivity contribution in [2.45, 2.75) is 0 Å². The molecule has 1 aromatic rings. The number of ether oxygens (including phenoxy) is 2. The molecule has 0 aliphatic heterocycles. The summed E-state index contributed by atoms with van der Waals surface area (Å²) in [6.07, 6.45) is 0. The molecular weight excluding hydrogens is 208 g/mol. The van der Waals surface area contributed by atoms with Gasteiger partial charge >= 0.3 is 0 Å². The Labute approximate surface area is 74.3 Å². The van der Waals surface area contributed by atoms with E-state index in [1.165, 1.54) is 0 Å². The summed E-state index contributed by atoms with van der Waals surface area (Å²) in [4.78, 5) is 0. The van der Waals surface area contributed by atoms with Crippen molar-refractivity contribution >= 4 is 15.9 Å². The maximum atomic E-state index is 5.13. The number of rotatable bonds is 3. The van der Waals surface area contributed by atoms with Crippen LogP contribution in [0.4, 0.5) is 0 Å². The minimum atomic E-state index is 0.257.